The molecule has 146 valence electrons. The number of nitrogens with one attached hydrogen (secondary N) is 1. The fourth-order valence-electron chi connectivity index (χ4n) is 3.11. The summed E-state index contributed by atoms with van der Waals surface area (Å²) in [5.41, 5.74) is 4.99. The lowest BCUT2D eigenvalue weighted by atomic mass is 10.1. The van der Waals surface area contributed by atoms with Gasteiger partial charge in [-0.05, 0) is 51.0 Å². The molecule has 1 amide bonds. The highest BCUT2D eigenvalue weighted by Gasteiger charge is 2.21. The number of nitrogens with zero attached hydrogens (tertiary/aromatic N) is 3. The van der Waals surface area contributed by atoms with Gasteiger partial charge in [-0.25, -0.2) is 0 Å². The van der Waals surface area contributed by atoms with Gasteiger partial charge in [0.15, 0.2) is 11.0 Å². The van der Waals surface area contributed by atoms with E-state index in [1.54, 1.807) is 0 Å². The molecular weight excluding hydrogens is 392 g/mol. The topological polar surface area (TPSA) is 59.8 Å². The van der Waals surface area contributed by atoms with Gasteiger partial charge in [0, 0.05) is 18.3 Å². The van der Waals surface area contributed by atoms with Crippen molar-refractivity contribution < 1.29 is 4.79 Å². The lowest BCUT2D eigenvalue weighted by molar-refractivity contribution is -0.115. The maximum atomic E-state index is 12.7. The number of benzene rings is 2. The van der Waals surface area contributed by atoms with E-state index in [9.17, 15) is 4.79 Å². The van der Waals surface area contributed by atoms with E-state index in [1.165, 1.54) is 17.3 Å². The second-order valence-electron chi connectivity index (χ2n) is 6.87. The summed E-state index contributed by atoms with van der Waals surface area (Å²) in [5.74, 6) is 0.605. The molecule has 0 saturated heterocycles. The first kappa shape index (κ1) is 20.4. The van der Waals surface area contributed by atoms with E-state index in [2.05, 4.69) is 34.6 Å². The molecule has 0 aliphatic rings. The van der Waals surface area contributed by atoms with Gasteiger partial charge in [0.2, 0.25) is 5.91 Å². The van der Waals surface area contributed by atoms with E-state index < -0.39 is 0 Å². The Balaban J connectivity index is 1.76. The van der Waals surface area contributed by atoms with Crippen LogP contribution in [-0.4, -0.2) is 25.9 Å². The van der Waals surface area contributed by atoms with Crippen molar-refractivity contribution in [1.29, 1.82) is 0 Å². The molecule has 1 N–H and O–H groups in total. The van der Waals surface area contributed by atoms with Crippen LogP contribution in [0.1, 0.15) is 23.6 Å². The maximum Gasteiger partial charge on any atom is 0.237 e. The number of aryl methyl sites for hydroxylation is 3. The Bertz CT molecular complexity index is 1010. The van der Waals surface area contributed by atoms with Crippen molar-refractivity contribution >= 4 is 35.0 Å². The number of rotatable bonds is 5. The largest absolute Gasteiger partial charge is 0.325 e. The Morgan fingerprint density at radius 1 is 1.14 bits per heavy atom. The first-order chi connectivity index (χ1) is 13.3. The highest BCUT2D eigenvalue weighted by molar-refractivity contribution is 8.00. The van der Waals surface area contributed by atoms with Gasteiger partial charge in [-0.15, -0.1) is 10.2 Å². The Morgan fingerprint density at radius 3 is 2.43 bits per heavy atom. The van der Waals surface area contributed by atoms with Gasteiger partial charge in [-0.2, -0.15) is 0 Å². The normalized spacial score (nSPS) is 12.1. The van der Waals surface area contributed by atoms with Crippen LogP contribution in [0.2, 0.25) is 5.02 Å². The quantitative estimate of drug-likeness (QED) is 0.584. The van der Waals surface area contributed by atoms with Crippen molar-refractivity contribution in [3.8, 4) is 11.4 Å². The monoisotopic (exact) mass is 414 g/mol. The minimum absolute atomic E-state index is 0.0673. The average Bonchev–Trinajstić information content (AvgIpc) is 2.98. The first-order valence-electron chi connectivity index (χ1n) is 8.97. The number of halogens is 1. The van der Waals surface area contributed by atoms with Crippen LogP contribution in [0.5, 0.6) is 0 Å². The highest BCUT2D eigenvalue weighted by Crippen LogP contribution is 2.30. The molecule has 2 aromatic carbocycles. The number of aromatic nitrogens is 3. The van der Waals surface area contributed by atoms with E-state index in [1.807, 2.05) is 56.7 Å². The molecule has 0 aliphatic heterocycles. The number of hydrogen-bond donors (Lipinski definition) is 1. The van der Waals surface area contributed by atoms with Gasteiger partial charge in [0.25, 0.3) is 0 Å². The molecule has 0 radical (unpaired) electrons. The summed E-state index contributed by atoms with van der Waals surface area (Å²) in [6.07, 6.45) is 0. The Morgan fingerprint density at radius 2 is 1.79 bits per heavy atom. The Hall–Kier alpha value is -2.31. The molecule has 1 atom stereocenters. The fourth-order valence-corrected chi connectivity index (χ4v) is 4.14. The molecule has 3 aromatic rings. The van der Waals surface area contributed by atoms with E-state index in [-0.39, 0.29) is 11.2 Å². The summed E-state index contributed by atoms with van der Waals surface area (Å²) < 4.78 is 1.86. The van der Waals surface area contributed by atoms with E-state index in [0.717, 1.165) is 22.4 Å². The van der Waals surface area contributed by atoms with Gasteiger partial charge in [-0.1, -0.05) is 53.2 Å². The van der Waals surface area contributed by atoms with Gasteiger partial charge in [-0.3, -0.25) is 4.79 Å². The molecule has 28 heavy (non-hydrogen) atoms. The van der Waals surface area contributed by atoms with Crippen LogP contribution >= 0.6 is 23.4 Å². The second-order valence-corrected chi connectivity index (χ2v) is 8.58. The third-order valence-electron chi connectivity index (χ3n) is 4.53. The number of carbonyl (C=O) groups excluding carboxylic acids is 1. The first-order valence-corrected chi connectivity index (χ1v) is 10.2. The molecule has 0 fully saturated rings. The predicted molar refractivity (Wildman–Crippen MR) is 116 cm³/mol. The summed E-state index contributed by atoms with van der Waals surface area (Å²) >= 11 is 7.64. The molecular formula is C21H23ClN4OS. The third kappa shape index (κ3) is 4.23. The minimum Gasteiger partial charge on any atom is -0.325 e. The zero-order valence-electron chi connectivity index (χ0n) is 16.6. The fraction of sp³-hybridized carbons (Fsp3) is 0.286. The van der Waals surface area contributed by atoms with Crippen LogP contribution in [0.25, 0.3) is 11.4 Å². The predicted octanol–water partition coefficient (Wildman–Crippen LogP) is 5.18. The SMILES string of the molecule is Cc1cc(C)c(NC(=O)[C@@H](C)Sc2nnc(-c3ccccc3Cl)n2C)c(C)c1. The Kier molecular flexibility index (Phi) is 6.10. The van der Waals surface area contributed by atoms with Gasteiger partial charge in [0.05, 0.1) is 10.3 Å². The van der Waals surface area contributed by atoms with Crippen molar-refractivity contribution in [3.05, 3.63) is 58.1 Å². The zero-order chi connectivity index (χ0) is 20.4. The average molecular weight is 415 g/mol. The van der Waals surface area contributed by atoms with E-state index in [4.69, 9.17) is 11.6 Å². The number of amides is 1. The van der Waals surface area contributed by atoms with Crippen molar-refractivity contribution in [2.75, 3.05) is 5.32 Å². The van der Waals surface area contributed by atoms with Crippen LogP contribution in [0.4, 0.5) is 5.69 Å². The highest BCUT2D eigenvalue weighted by atomic mass is 35.5. The Labute approximate surface area is 174 Å². The molecule has 0 unspecified atom stereocenters. The summed E-state index contributed by atoms with van der Waals surface area (Å²) in [6, 6.07) is 11.6. The molecule has 0 spiro atoms. The minimum atomic E-state index is -0.331. The van der Waals surface area contributed by atoms with Crippen LogP contribution in [-0.2, 0) is 11.8 Å². The van der Waals surface area contributed by atoms with Gasteiger partial charge < -0.3 is 9.88 Å². The number of thioether (sulfide) groups is 1. The third-order valence-corrected chi connectivity index (χ3v) is 5.99. The van der Waals surface area contributed by atoms with Crippen LogP contribution < -0.4 is 5.32 Å². The number of anilines is 1. The number of hydrogen-bond acceptors (Lipinski definition) is 4. The molecule has 7 heteroatoms. The van der Waals surface area contributed by atoms with Crippen molar-refractivity contribution in [3.63, 3.8) is 0 Å². The van der Waals surface area contributed by atoms with Crippen LogP contribution in [0.15, 0.2) is 41.6 Å². The summed E-state index contributed by atoms with van der Waals surface area (Å²) in [7, 11) is 1.87. The molecule has 0 aliphatic carbocycles. The maximum absolute atomic E-state index is 12.7. The van der Waals surface area contributed by atoms with Gasteiger partial charge >= 0.3 is 0 Å². The molecule has 0 bridgehead atoms. The second kappa shape index (κ2) is 8.37. The lowest BCUT2D eigenvalue weighted by Crippen LogP contribution is -2.23. The standard InChI is InChI=1S/C21H23ClN4OS/c1-12-10-13(2)18(14(3)11-12)23-20(27)15(4)28-21-25-24-19(26(21)5)16-8-6-7-9-17(16)22/h6-11,15H,1-5H3,(H,23,27)/t15-/m1/s1. The summed E-state index contributed by atoms with van der Waals surface area (Å²) in [6.45, 7) is 7.93. The van der Waals surface area contributed by atoms with Crippen LogP contribution in [0.3, 0.4) is 0 Å². The molecule has 5 nitrogen and oxygen atoms in total. The van der Waals surface area contributed by atoms with Crippen molar-refractivity contribution in [1.82, 2.24) is 14.8 Å². The van der Waals surface area contributed by atoms with E-state index >= 15 is 0 Å². The molecule has 1 aromatic heterocycles. The molecule has 3 rings (SSSR count). The van der Waals surface area contributed by atoms with Crippen LogP contribution in [0, 0.1) is 20.8 Å². The number of carbonyl (C=O) groups is 1. The molecule has 0 saturated carbocycles. The van der Waals surface area contributed by atoms with Gasteiger partial charge in [0.1, 0.15) is 0 Å². The van der Waals surface area contributed by atoms with Crippen molar-refractivity contribution in [2.24, 2.45) is 7.05 Å². The zero-order valence-corrected chi connectivity index (χ0v) is 18.1. The lowest BCUT2D eigenvalue weighted by Gasteiger charge is -2.16. The smallest absolute Gasteiger partial charge is 0.237 e. The summed E-state index contributed by atoms with van der Waals surface area (Å²) in [5, 5.41) is 12.5. The van der Waals surface area contributed by atoms with Crippen molar-refractivity contribution in [2.45, 2.75) is 38.1 Å². The molecule has 1 heterocycles. The summed E-state index contributed by atoms with van der Waals surface area (Å²) in [4.78, 5) is 12.7. The van der Waals surface area contributed by atoms with E-state index in [0.29, 0.717) is 16.0 Å².